The lowest BCUT2D eigenvalue weighted by atomic mass is 10.2. The van der Waals surface area contributed by atoms with E-state index >= 15 is 0 Å². The molecule has 0 radical (unpaired) electrons. The second kappa shape index (κ2) is 9.12. The van der Waals surface area contributed by atoms with Crippen LogP contribution < -0.4 is 5.32 Å². The summed E-state index contributed by atoms with van der Waals surface area (Å²) in [5, 5.41) is 25.6. The first kappa shape index (κ1) is 21.4. The second-order valence-electron chi connectivity index (χ2n) is 6.60. The quantitative estimate of drug-likeness (QED) is 0.303. The van der Waals surface area contributed by atoms with Crippen molar-refractivity contribution in [1.29, 1.82) is 0 Å². The molecule has 0 aliphatic rings. The van der Waals surface area contributed by atoms with Gasteiger partial charge >= 0.3 is 0 Å². The number of aryl methyl sites for hydroxylation is 1. The first-order chi connectivity index (χ1) is 15.4. The summed E-state index contributed by atoms with van der Waals surface area (Å²) in [6, 6.07) is 10.8. The number of carbonyl (C=O) groups excluding carboxylic acids is 1. The average molecular weight is 466 g/mol. The van der Waals surface area contributed by atoms with E-state index in [9.17, 15) is 20.0 Å². The third kappa shape index (κ3) is 4.90. The van der Waals surface area contributed by atoms with Crippen molar-refractivity contribution in [1.82, 2.24) is 15.0 Å². The second-order valence-corrected chi connectivity index (χ2v) is 8.74. The van der Waals surface area contributed by atoms with E-state index < -0.39 is 10.8 Å². The van der Waals surface area contributed by atoms with E-state index in [2.05, 4.69) is 20.3 Å². The normalized spacial score (nSPS) is 10.7. The minimum absolute atomic E-state index is 0.0941. The summed E-state index contributed by atoms with van der Waals surface area (Å²) in [7, 11) is 0. The van der Waals surface area contributed by atoms with Crippen molar-refractivity contribution >= 4 is 40.4 Å². The van der Waals surface area contributed by atoms with Gasteiger partial charge in [-0.1, -0.05) is 23.9 Å². The van der Waals surface area contributed by atoms with E-state index in [1.54, 1.807) is 18.2 Å². The predicted molar refractivity (Wildman–Crippen MR) is 121 cm³/mol. The summed E-state index contributed by atoms with van der Waals surface area (Å²) in [6.07, 6.45) is 2.85. The zero-order valence-corrected chi connectivity index (χ0v) is 18.2. The van der Waals surface area contributed by atoms with Crippen LogP contribution in [0.15, 0.2) is 69.5 Å². The van der Waals surface area contributed by atoms with Crippen molar-refractivity contribution in [2.75, 3.05) is 5.32 Å². The fraction of sp³-hybridized carbons (Fsp3) is 0.0476. The molecule has 0 spiro atoms. The molecule has 0 fully saturated rings. The lowest BCUT2D eigenvalue weighted by Crippen LogP contribution is -2.13. The Morgan fingerprint density at radius 1 is 1.19 bits per heavy atom. The molecule has 160 valence electrons. The van der Waals surface area contributed by atoms with Crippen molar-refractivity contribution in [3.8, 4) is 17.1 Å². The molecule has 2 aromatic carbocycles. The predicted octanol–water partition coefficient (Wildman–Crippen LogP) is 4.93. The highest BCUT2D eigenvalue weighted by atomic mass is 32.2. The Morgan fingerprint density at radius 2 is 1.97 bits per heavy atom. The van der Waals surface area contributed by atoms with Crippen LogP contribution in [0.1, 0.15) is 16.1 Å². The number of aromatic hydroxyl groups is 1. The monoisotopic (exact) mass is 465 g/mol. The Kier molecular flexibility index (Phi) is 6.10. The van der Waals surface area contributed by atoms with E-state index in [-0.39, 0.29) is 17.0 Å². The Balaban J connectivity index is 1.51. The zero-order valence-electron chi connectivity index (χ0n) is 16.6. The first-order valence-corrected chi connectivity index (χ1v) is 10.9. The lowest BCUT2D eigenvalue weighted by molar-refractivity contribution is -0.387. The molecule has 2 aromatic heterocycles. The number of carbonyl (C=O) groups is 1. The largest absolute Gasteiger partial charge is 0.508 e. The number of aromatic nitrogens is 3. The Morgan fingerprint density at radius 3 is 2.62 bits per heavy atom. The Bertz CT molecular complexity index is 1310. The van der Waals surface area contributed by atoms with Crippen LogP contribution in [0.4, 0.5) is 11.4 Å². The van der Waals surface area contributed by atoms with Crippen LogP contribution >= 0.6 is 23.1 Å². The van der Waals surface area contributed by atoms with Crippen LogP contribution in [0.5, 0.6) is 5.75 Å². The van der Waals surface area contributed by atoms with E-state index in [1.807, 2.05) is 12.3 Å². The number of phenolic OH excluding ortho intramolecular Hbond substituents is 1. The molecule has 0 bridgehead atoms. The van der Waals surface area contributed by atoms with Gasteiger partial charge < -0.3 is 10.4 Å². The number of hydrogen-bond acceptors (Lipinski definition) is 9. The number of hydrogen-bond donors (Lipinski definition) is 2. The van der Waals surface area contributed by atoms with Crippen molar-refractivity contribution in [3.63, 3.8) is 0 Å². The number of phenols is 1. The SMILES string of the molecule is Cc1csc(Sc2ccc(C(=O)Nc3cnc(-c4cccc(O)c4)nc3)cc2[N+](=O)[O-])n1. The summed E-state index contributed by atoms with van der Waals surface area (Å²) >= 11 is 2.58. The lowest BCUT2D eigenvalue weighted by Gasteiger charge is -2.07. The van der Waals surface area contributed by atoms with Crippen LogP contribution in [-0.2, 0) is 0 Å². The van der Waals surface area contributed by atoms with Crippen LogP contribution in [0.3, 0.4) is 0 Å². The molecule has 0 aliphatic heterocycles. The first-order valence-electron chi connectivity index (χ1n) is 9.20. The maximum atomic E-state index is 12.6. The third-order valence-electron chi connectivity index (χ3n) is 4.23. The van der Waals surface area contributed by atoms with Crippen LogP contribution in [0.25, 0.3) is 11.4 Å². The van der Waals surface area contributed by atoms with Gasteiger partial charge in [-0.25, -0.2) is 15.0 Å². The summed E-state index contributed by atoms with van der Waals surface area (Å²) < 4.78 is 0.687. The van der Waals surface area contributed by atoms with Crippen molar-refractivity contribution in [2.45, 2.75) is 16.2 Å². The van der Waals surface area contributed by atoms with Crippen molar-refractivity contribution in [2.24, 2.45) is 0 Å². The molecule has 0 atom stereocenters. The Hall–Kier alpha value is -3.83. The minimum Gasteiger partial charge on any atom is -0.508 e. The maximum absolute atomic E-state index is 12.6. The van der Waals surface area contributed by atoms with Gasteiger partial charge in [-0.05, 0) is 31.2 Å². The number of benzene rings is 2. The molecule has 0 unspecified atom stereocenters. The Labute approximate surface area is 190 Å². The zero-order chi connectivity index (χ0) is 22.7. The fourth-order valence-electron chi connectivity index (χ4n) is 2.75. The average Bonchev–Trinajstić information content (AvgIpc) is 3.19. The van der Waals surface area contributed by atoms with Crippen molar-refractivity contribution in [3.05, 3.63) is 81.6 Å². The molecular weight excluding hydrogens is 450 g/mol. The molecule has 2 N–H and O–H groups in total. The number of rotatable bonds is 6. The number of nitrogens with one attached hydrogen (secondary N) is 1. The summed E-state index contributed by atoms with van der Waals surface area (Å²) in [4.78, 5) is 36.7. The number of nitrogens with zero attached hydrogens (tertiary/aromatic N) is 4. The van der Waals surface area contributed by atoms with E-state index in [4.69, 9.17) is 0 Å². The molecule has 4 rings (SSSR count). The topological polar surface area (TPSA) is 131 Å². The fourth-order valence-corrected chi connectivity index (χ4v) is 4.63. The number of nitro groups is 1. The standard InChI is InChI=1S/C21H15N5O4S2/c1-12-11-31-21(24-12)32-18-6-5-14(8-17(18)26(29)30)20(28)25-15-9-22-19(23-10-15)13-3-2-4-16(27)7-13/h2-11,27H,1H3,(H,25,28). The molecule has 2 heterocycles. The molecular formula is C21H15N5O4S2. The van der Waals surface area contributed by atoms with Gasteiger partial charge in [-0.2, -0.15) is 0 Å². The van der Waals surface area contributed by atoms with E-state index in [0.29, 0.717) is 26.3 Å². The smallest absolute Gasteiger partial charge is 0.284 e. The van der Waals surface area contributed by atoms with Crippen molar-refractivity contribution < 1.29 is 14.8 Å². The van der Waals surface area contributed by atoms with Gasteiger partial charge in [0.15, 0.2) is 10.2 Å². The van der Waals surface area contributed by atoms with Gasteiger partial charge in [0.2, 0.25) is 0 Å². The number of nitro benzene ring substituents is 1. The molecule has 4 aromatic rings. The molecule has 9 nitrogen and oxygen atoms in total. The number of amides is 1. The third-order valence-corrected chi connectivity index (χ3v) is 6.35. The van der Waals surface area contributed by atoms with Gasteiger partial charge in [0.1, 0.15) is 5.75 Å². The van der Waals surface area contributed by atoms with Gasteiger partial charge in [-0.3, -0.25) is 14.9 Å². The van der Waals surface area contributed by atoms with Gasteiger partial charge in [0, 0.05) is 28.3 Å². The van der Waals surface area contributed by atoms with Crippen LogP contribution in [0.2, 0.25) is 0 Å². The van der Waals surface area contributed by atoms with Crippen LogP contribution in [-0.4, -0.2) is 30.9 Å². The summed E-state index contributed by atoms with van der Waals surface area (Å²) in [5.41, 5.74) is 1.76. The number of anilines is 1. The van der Waals surface area contributed by atoms with Gasteiger partial charge in [-0.15, -0.1) is 11.3 Å². The van der Waals surface area contributed by atoms with Gasteiger partial charge in [0.25, 0.3) is 11.6 Å². The highest BCUT2D eigenvalue weighted by Crippen LogP contribution is 2.37. The van der Waals surface area contributed by atoms with Crippen LogP contribution in [0, 0.1) is 17.0 Å². The van der Waals surface area contributed by atoms with E-state index in [1.165, 1.54) is 59.8 Å². The molecule has 1 amide bonds. The highest BCUT2D eigenvalue weighted by Gasteiger charge is 2.20. The molecule has 0 saturated heterocycles. The molecule has 0 saturated carbocycles. The van der Waals surface area contributed by atoms with E-state index in [0.717, 1.165) is 5.69 Å². The molecule has 11 heteroatoms. The van der Waals surface area contributed by atoms with Gasteiger partial charge in [0.05, 0.1) is 27.9 Å². The summed E-state index contributed by atoms with van der Waals surface area (Å²) in [6.45, 7) is 1.85. The molecule has 0 aliphatic carbocycles. The minimum atomic E-state index is -0.525. The molecule has 32 heavy (non-hydrogen) atoms. The summed E-state index contributed by atoms with van der Waals surface area (Å²) in [5.74, 6) is -0.0477. The number of thiazole rings is 1. The maximum Gasteiger partial charge on any atom is 0.284 e. The highest BCUT2D eigenvalue weighted by molar-refractivity contribution is 8.01.